The van der Waals surface area contributed by atoms with Crippen LogP contribution >= 0.6 is 11.3 Å². The molecule has 0 saturated carbocycles. The van der Waals surface area contributed by atoms with Crippen molar-refractivity contribution in [2.45, 2.75) is 6.61 Å². The Morgan fingerprint density at radius 3 is 2.67 bits per heavy atom. The maximum absolute atomic E-state index is 6.05. The smallest absolute Gasteiger partial charge is 0.192 e. The number of ether oxygens (including phenoxy) is 1. The van der Waals surface area contributed by atoms with Crippen molar-refractivity contribution in [2.24, 2.45) is 10.7 Å². The van der Waals surface area contributed by atoms with E-state index in [-0.39, 0.29) is 0 Å². The quantitative estimate of drug-likeness (QED) is 0.537. The lowest BCUT2D eigenvalue weighted by atomic mass is 10.1. The third-order valence-electron chi connectivity index (χ3n) is 3.52. The molecular formula is C19H19N3OS. The molecule has 2 aromatic carbocycles. The van der Waals surface area contributed by atoms with Gasteiger partial charge in [0.15, 0.2) is 5.96 Å². The van der Waals surface area contributed by atoms with Crippen LogP contribution in [0.4, 0.5) is 5.69 Å². The molecule has 3 aromatic rings. The monoisotopic (exact) mass is 337 g/mol. The summed E-state index contributed by atoms with van der Waals surface area (Å²) >= 11 is 1.68. The fourth-order valence-electron chi connectivity index (χ4n) is 2.30. The van der Waals surface area contributed by atoms with Crippen molar-refractivity contribution in [3.63, 3.8) is 0 Å². The van der Waals surface area contributed by atoms with E-state index in [0.29, 0.717) is 12.6 Å². The Hall–Kier alpha value is -2.79. The zero-order valence-corrected chi connectivity index (χ0v) is 14.2. The van der Waals surface area contributed by atoms with Gasteiger partial charge in [-0.2, -0.15) is 0 Å². The Morgan fingerprint density at radius 1 is 1.12 bits per heavy atom. The van der Waals surface area contributed by atoms with E-state index in [4.69, 9.17) is 10.5 Å². The Bertz CT molecular complexity index is 814. The number of hydrogen-bond acceptors (Lipinski definition) is 3. The number of nitrogens with one attached hydrogen (secondary N) is 1. The zero-order valence-electron chi connectivity index (χ0n) is 13.4. The van der Waals surface area contributed by atoms with Crippen LogP contribution in [0.5, 0.6) is 5.75 Å². The second-order valence-electron chi connectivity index (χ2n) is 5.20. The van der Waals surface area contributed by atoms with E-state index < -0.39 is 0 Å². The number of anilines is 1. The molecule has 0 aliphatic heterocycles. The molecule has 0 atom stereocenters. The highest BCUT2D eigenvalue weighted by Crippen LogP contribution is 2.35. The SMILES string of the molecule is CN=C(N)Nc1ccc(OCc2ccccc2)c(-c2cccs2)c1. The topological polar surface area (TPSA) is 59.6 Å². The minimum Gasteiger partial charge on any atom is -0.488 e. The Morgan fingerprint density at radius 2 is 1.96 bits per heavy atom. The van der Waals surface area contributed by atoms with Crippen LogP contribution in [0.15, 0.2) is 71.0 Å². The largest absolute Gasteiger partial charge is 0.488 e. The third kappa shape index (κ3) is 3.94. The first kappa shape index (κ1) is 16.1. The van der Waals surface area contributed by atoms with Gasteiger partial charge >= 0.3 is 0 Å². The highest BCUT2D eigenvalue weighted by atomic mass is 32.1. The van der Waals surface area contributed by atoms with Crippen molar-refractivity contribution in [3.05, 3.63) is 71.6 Å². The summed E-state index contributed by atoms with van der Waals surface area (Å²) < 4.78 is 6.05. The average Bonchev–Trinajstić information content (AvgIpc) is 3.16. The van der Waals surface area contributed by atoms with Crippen LogP contribution in [-0.4, -0.2) is 13.0 Å². The highest BCUT2D eigenvalue weighted by molar-refractivity contribution is 7.13. The molecule has 0 spiro atoms. The van der Waals surface area contributed by atoms with Gasteiger partial charge in [-0.05, 0) is 35.2 Å². The van der Waals surface area contributed by atoms with E-state index in [2.05, 4.69) is 33.9 Å². The van der Waals surface area contributed by atoms with Crippen LogP contribution in [0.2, 0.25) is 0 Å². The predicted octanol–water partition coefficient (Wildman–Crippen LogP) is 4.35. The average molecular weight is 337 g/mol. The number of hydrogen-bond donors (Lipinski definition) is 2. The molecule has 0 fully saturated rings. The minimum atomic E-state index is 0.380. The van der Waals surface area contributed by atoms with Gasteiger partial charge in [0.05, 0.1) is 0 Å². The van der Waals surface area contributed by atoms with Crippen molar-refractivity contribution in [3.8, 4) is 16.2 Å². The van der Waals surface area contributed by atoms with Crippen molar-refractivity contribution >= 4 is 23.0 Å². The van der Waals surface area contributed by atoms with Gasteiger partial charge in [-0.3, -0.25) is 4.99 Å². The summed E-state index contributed by atoms with van der Waals surface area (Å²) in [5.74, 6) is 1.23. The van der Waals surface area contributed by atoms with Crippen LogP contribution in [0, 0.1) is 0 Å². The van der Waals surface area contributed by atoms with Crippen molar-refractivity contribution in [1.29, 1.82) is 0 Å². The first-order chi connectivity index (χ1) is 11.8. The lowest BCUT2D eigenvalue weighted by Crippen LogP contribution is -2.21. The molecule has 4 nitrogen and oxygen atoms in total. The summed E-state index contributed by atoms with van der Waals surface area (Å²) in [4.78, 5) is 5.08. The third-order valence-corrected chi connectivity index (χ3v) is 4.42. The number of nitrogens with zero attached hydrogens (tertiary/aromatic N) is 1. The summed E-state index contributed by atoms with van der Waals surface area (Å²) in [5.41, 5.74) is 8.81. The molecule has 3 rings (SSSR count). The Labute approximate surface area is 145 Å². The van der Waals surface area contributed by atoms with Crippen LogP contribution in [0.1, 0.15) is 5.56 Å². The van der Waals surface area contributed by atoms with Crippen LogP contribution in [0.25, 0.3) is 10.4 Å². The first-order valence-electron chi connectivity index (χ1n) is 7.60. The predicted molar refractivity (Wildman–Crippen MR) is 102 cm³/mol. The van der Waals surface area contributed by atoms with E-state index in [9.17, 15) is 0 Å². The summed E-state index contributed by atoms with van der Waals surface area (Å²) in [5, 5.41) is 5.13. The van der Waals surface area contributed by atoms with E-state index in [1.54, 1.807) is 18.4 Å². The van der Waals surface area contributed by atoms with Gasteiger partial charge in [0.1, 0.15) is 12.4 Å². The second kappa shape index (κ2) is 7.66. The molecule has 5 heteroatoms. The molecule has 0 aliphatic carbocycles. The summed E-state index contributed by atoms with van der Waals surface area (Å²) in [7, 11) is 1.65. The van der Waals surface area contributed by atoms with Crippen molar-refractivity contribution in [2.75, 3.05) is 12.4 Å². The van der Waals surface area contributed by atoms with Crippen LogP contribution < -0.4 is 15.8 Å². The highest BCUT2D eigenvalue weighted by Gasteiger charge is 2.10. The summed E-state index contributed by atoms with van der Waals surface area (Å²) in [6.45, 7) is 0.532. The molecule has 0 bridgehead atoms. The maximum Gasteiger partial charge on any atom is 0.192 e. The lowest BCUT2D eigenvalue weighted by molar-refractivity contribution is 0.307. The standard InChI is InChI=1S/C19H19N3OS/c1-21-19(20)22-15-9-10-17(16(12-15)18-8-5-11-24-18)23-13-14-6-3-2-4-7-14/h2-12H,13H2,1H3,(H3,20,21,22). The Balaban J connectivity index is 1.87. The van der Waals surface area contributed by atoms with Crippen molar-refractivity contribution in [1.82, 2.24) is 0 Å². The molecule has 3 N–H and O–H groups in total. The van der Waals surface area contributed by atoms with Gasteiger partial charge in [-0.25, -0.2) is 0 Å². The number of aliphatic imine (C=N–C) groups is 1. The normalized spacial score (nSPS) is 11.3. The molecule has 1 heterocycles. The lowest BCUT2D eigenvalue weighted by Gasteiger charge is -2.13. The Kier molecular flexibility index (Phi) is 5.13. The molecule has 0 radical (unpaired) electrons. The van der Waals surface area contributed by atoms with Gasteiger partial charge in [-0.15, -0.1) is 11.3 Å². The molecule has 0 unspecified atom stereocenters. The van der Waals surface area contributed by atoms with Crippen molar-refractivity contribution < 1.29 is 4.74 Å². The first-order valence-corrected chi connectivity index (χ1v) is 8.48. The molecule has 0 saturated heterocycles. The number of guanidine groups is 1. The van der Waals surface area contributed by atoms with E-state index in [1.807, 2.05) is 42.5 Å². The molecule has 1 aromatic heterocycles. The molecule has 24 heavy (non-hydrogen) atoms. The van der Waals surface area contributed by atoms with Crippen LogP contribution in [0.3, 0.4) is 0 Å². The second-order valence-corrected chi connectivity index (χ2v) is 6.14. The number of thiophene rings is 1. The fraction of sp³-hybridized carbons (Fsp3) is 0.105. The number of benzene rings is 2. The fourth-order valence-corrected chi connectivity index (χ4v) is 3.04. The van der Waals surface area contributed by atoms with Gasteiger partial charge in [0.25, 0.3) is 0 Å². The van der Waals surface area contributed by atoms with Gasteiger partial charge in [-0.1, -0.05) is 36.4 Å². The maximum atomic E-state index is 6.05. The van der Waals surface area contributed by atoms with E-state index >= 15 is 0 Å². The van der Waals surface area contributed by atoms with Crippen LogP contribution in [-0.2, 0) is 6.61 Å². The molecule has 122 valence electrons. The minimum absolute atomic E-state index is 0.380. The van der Waals surface area contributed by atoms with E-state index in [0.717, 1.165) is 27.4 Å². The summed E-state index contributed by atoms with van der Waals surface area (Å²) in [6.07, 6.45) is 0. The number of nitrogens with two attached hydrogens (primary N) is 1. The molecular weight excluding hydrogens is 318 g/mol. The van der Waals surface area contributed by atoms with Gasteiger partial charge in [0.2, 0.25) is 0 Å². The van der Waals surface area contributed by atoms with Gasteiger partial charge < -0.3 is 15.8 Å². The van der Waals surface area contributed by atoms with Gasteiger partial charge in [0, 0.05) is 23.2 Å². The van der Waals surface area contributed by atoms with E-state index in [1.165, 1.54) is 0 Å². The number of rotatable bonds is 5. The molecule has 0 amide bonds. The molecule has 0 aliphatic rings. The zero-order chi connectivity index (χ0) is 16.8. The summed E-state index contributed by atoms with van der Waals surface area (Å²) in [6, 6.07) is 20.2.